The van der Waals surface area contributed by atoms with Crippen molar-refractivity contribution in [2.45, 2.75) is 27.2 Å². The van der Waals surface area contributed by atoms with Crippen molar-refractivity contribution in [1.29, 1.82) is 0 Å². The Kier molecular flexibility index (Phi) is 3.70. The molecule has 1 rings (SSSR count). The summed E-state index contributed by atoms with van der Waals surface area (Å²) >= 11 is 0. The van der Waals surface area contributed by atoms with Crippen LogP contribution in [0.5, 0.6) is 0 Å². The van der Waals surface area contributed by atoms with Gasteiger partial charge in [-0.3, -0.25) is 0 Å². The van der Waals surface area contributed by atoms with E-state index in [1.165, 1.54) is 22.3 Å². The molecule has 0 saturated heterocycles. The summed E-state index contributed by atoms with van der Waals surface area (Å²) < 4.78 is 0. The molecule has 0 fully saturated rings. The van der Waals surface area contributed by atoms with Crippen LogP contribution in [-0.4, -0.2) is 0 Å². The summed E-state index contributed by atoms with van der Waals surface area (Å²) in [6.07, 6.45) is 3.15. The van der Waals surface area contributed by atoms with Gasteiger partial charge in [0.05, 0.1) is 0 Å². The summed E-state index contributed by atoms with van der Waals surface area (Å²) in [6.45, 7) is 10.3. The SMILES string of the molecule is C=C(C)C/C(=C\C)c1ccccc1C. The number of allylic oxidation sites excluding steroid dienone is 3. The van der Waals surface area contributed by atoms with Gasteiger partial charge in [-0.25, -0.2) is 0 Å². The van der Waals surface area contributed by atoms with Crippen molar-refractivity contribution >= 4 is 5.57 Å². The van der Waals surface area contributed by atoms with Gasteiger partial charge in [-0.2, -0.15) is 0 Å². The molecule has 0 bridgehead atoms. The van der Waals surface area contributed by atoms with Crippen LogP contribution in [0, 0.1) is 6.92 Å². The van der Waals surface area contributed by atoms with Crippen molar-refractivity contribution in [2.24, 2.45) is 0 Å². The fourth-order valence-corrected chi connectivity index (χ4v) is 1.61. The van der Waals surface area contributed by atoms with Gasteiger partial charge in [0.1, 0.15) is 0 Å². The first kappa shape index (κ1) is 10.8. The Morgan fingerprint density at radius 3 is 2.50 bits per heavy atom. The van der Waals surface area contributed by atoms with Gasteiger partial charge in [0.2, 0.25) is 0 Å². The summed E-state index contributed by atoms with van der Waals surface area (Å²) in [5.74, 6) is 0. The first-order chi connectivity index (χ1) is 6.65. The first-order valence-corrected chi connectivity index (χ1v) is 5.00. The summed E-state index contributed by atoms with van der Waals surface area (Å²) in [4.78, 5) is 0. The molecule has 0 unspecified atom stereocenters. The predicted molar refractivity (Wildman–Crippen MR) is 64.3 cm³/mol. The van der Waals surface area contributed by atoms with Gasteiger partial charge in [-0.05, 0) is 43.9 Å². The molecule has 0 amide bonds. The van der Waals surface area contributed by atoms with E-state index in [1.807, 2.05) is 0 Å². The number of hydrogen-bond acceptors (Lipinski definition) is 0. The lowest BCUT2D eigenvalue weighted by Gasteiger charge is -2.09. The van der Waals surface area contributed by atoms with Crippen LogP contribution in [-0.2, 0) is 0 Å². The van der Waals surface area contributed by atoms with Gasteiger partial charge < -0.3 is 0 Å². The Balaban J connectivity index is 3.02. The molecule has 0 aliphatic carbocycles. The molecule has 74 valence electrons. The Hall–Kier alpha value is -1.30. The predicted octanol–water partition coefficient (Wildman–Crippen LogP) is 4.36. The molecule has 0 radical (unpaired) electrons. The highest BCUT2D eigenvalue weighted by atomic mass is 14.1. The van der Waals surface area contributed by atoms with Crippen LogP contribution in [0.25, 0.3) is 5.57 Å². The van der Waals surface area contributed by atoms with Crippen molar-refractivity contribution < 1.29 is 0 Å². The van der Waals surface area contributed by atoms with E-state index in [9.17, 15) is 0 Å². The minimum Gasteiger partial charge on any atom is -0.0998 e. The fraction of sp³-hybridized carbons (Fsp3) is 0.286. The summed E-state index contributed by atoms with van der Waals surface area (Å²) in [5.41, 5.74) is 5.26. The third-order valence-corrected chi connectivity index (χ3v) is 2.33. The van der Waals surface area contributed by atoms with Gasteiger partial charge in [0.25, 0.3) is 0 Å². The first-order valence-electron chi connectivity index (χ1n) is 5.00. The molecule has 0 heteroatoms. The van der Waals surface area contributed by atoms with Gasteiger partial charge in [0, 0.05) is 0 Å². The van der Waals surface area contributed by atoms with Crippen LogP contribution in [0.15, 0.2) is 42.5 Å². The van der Waals surface area contributed by atoms with Gasteiger partial charge >= 0.3 is 0 Å². The average molecular weight is 186 g/mol. The van der Waals surface area contributed by atoms with Gasteiger partial charge in [-0.1, -0.05) is 42.5 Å². The molecule has 0 heterocycles. The van der Waals surface area contributed by atoms with Crippen LogP contribution in [0.2, 0.25) is 0 Å². The van der Waals surface area contributed by atoms with E-state index < -0.39 is 0 Å². The van der Waals surface area contributed by atoms with Crippen molar-refractivity contribution in [1.82, 2.24) is 0 Å². The molecular weight excluding hydrogens is 168 g/mol. The second-order valence-electron chi connectivity index (χ2n) is 3.76. The van der Waals surface area contributed by atoms with Crippen molar-refractivity contribution in [3.63, 3.8) is 0 Å². The molecule has 0 spiro atoms. The molecule has 1 aromatic carbocycles. The van der Waals surface area contributed by atoms with Crippen LogP contribution >= 0.6 is 0 Å². The van der Waals surface area contributed by atoms with Gasteiger partial charge in [-0.15, -0.1) is 0 Å². The van der Waals surface area contributed by atoms with E-state index in [4.69, 9.17) is 0 Å². The monoisotopic (exact) mass is 186 g/mol. The Morgan fingerprint density at radius 2 is 2.00 bits per heavy atom. The van der Waals surface area contributed by atoms with Crippen LogP contribution < -0.4 is 0 Å². The van der Waals surface area contributed by atoms with Crippen LogP contribution in [0.3, 0.4) is 0 Å². The van der Waals surface area contributed by atoms with Crippen LogP contribution in [0.4, 0.5) is 0 Å². The standard InChI is InChI=1S/C14H18/c1-5-13(10-11(2)3)14-9-7-6-8-12(14)4/h5-9H,2,10H2,1,3-4H3/b13-5+. The van der Waals surface area contributed by atoms with E-state index in [0.717, 1.165) is 6.42 Å². The summed E-state index contributed by atoms with van der Waals surface area (Å²) in [5, 5.41) is 0. The number of benzene rings is 1. The van der Waals surface area contributed by atoms with E-state index in [-0.39, 0.29) is 0 Å². The molecule has 0 aliphatic rings. The van der Waals surface area contributed by atoms with E-state index in [2.05, 4.69) is 57.7 Å². The molecule has 0 nitrogen and oxygen atoms in total. The molecule has 0 saturated carbocycles. The zero-order chi connectivity index (χ0) is 10.6. The highest BCUT2D eigenvalue weighted by Gasteiger charge is 2.02. The third-order valence-electron chi connectivity index (χ3n) is 2.33. The highest BCUT2D eigenvalue weighted by Crippen LogP contribution is 2.24. The third kappa shape index (κ3) is 2.59. The topological polar surface area (TPSA) is 0 Å². The van der Waals surface area contributed by atoms with E-state index >= 15 is 0 Å². The maximum atomic E-state index is 3.96. The molecule has 14 heavy (non-hydrogen) atoms. The lowest BCUT2D eigenvalue weighted by molar-refractivity contribution is 1.22. The number of hydrogen-bond donors (Lipinski definition) is 0. The Morgan fingerprint density at radius 1 is 1.36 bits per heavy atom. The second kappa shape index (κ2) is 4.80. The molecule has 0 aliphatic heterocycles. The smallest absolute Gasteiger partial charge is 0.00698 e. The molecule has 0 aromatic heterocycles. The number of rotatable bonds is 3. The Labute approximate surface area is 87.0 Å². The molecule has 0 N–H and O–H groups in total. The van der Waals surface area contributed by atoms with Crippen molar-refractivity contribution in [3.05, 3.63) is 53.6 Å². The highest BCUT2D eigenvalue weighted by molar-refractivity contribution is 5.69. The molecule has 0 atom stereocenters. The van der Waals surface area contributed by atoms with Crippen molar-refractivity contribution in [3.8, 4) is 0 Å². The minimum atomic E-state index is 0.974. The van der Waals surface area contributed by atoms with Gasteiger partial charge in [0.15, 0.2) is 0 Å². The zero-order valence-electron chi connectivity index (χ0n) is 9.30. The van der Waals surface area contributed by atoms with Crippen LogP contribution in [0.1, 0.15) is 31.4 Å². The summed E-state index contributed by atoms with van der Waals surface area (Å²) in [6, 6.07) is 8.49. The fourth-order valence-electron chi connectivity index (χ4n) is 1.61. The largest absolute Gasteiger partial charge is 0.0998 e. The maximum Gasteiger partial charge on any atom is -0.00698 e. The maximum absolute atomic E-state index is 3.96. The quantitative estimate of drug-likeness (QED) is 0.615. The number of aryl methyl sites for hydroxylation is 1. The average Bonchev–Trinajstić information content (AvgIpc) is 2.15. The lowest BCUT2D eigenvalue weighted by atomic mass is 9.96. The summed E-state index contributed by atoms with van der Waals surface area (Å²) in [7, 11) is 0. The lowest BCUT2D eigenvalue weighted by Crippen LogP contribution is -1.89. The van der Waals surface area contributed by atoms with E-state index in [0.29, 0.717) is 0 Å². The molecule has 1 aromatic rings. The second-order valence-corrected chi connectivity index (χ2v) is 3.76. The molecular formula is C14H18. The zero-order valence-corrected chi connectivity index (χ0v) is 9.30. The Bertz CT molecular complexity index is 356. The van der Waals surface area contributed by atoms with E-state index in [1.54, 1.807) is 0 Å². The normalized spacial score (nSPS) is 11.5. The van der Waals surface area contributed by atoms with Crippen molar-refractivity contribution in [2.75, 3.05) is 0 Å². The minimum absolute atomic E-state index is 0.974.